The highest BCUT2D eigenvalue weighted by molar-refractivity contribution is 6.06. The number of rotatable bonds is 4. The van der Waals surface area contributed by atoms with Crippen LogP contribution in [0, 0.1) is 11.7 Å². The van der Waals surface area contributed by atoms with E-state index in [4.69, 9.17) is 0 Å². The van der Waals surface area contributed by atoms with Gasteiger partial charge in [0, 0.05) is 34.8 Å². The van der Waals surface area contributed by atoms with Crippen LogP contribution >= 0.6 is 0 Å². The van der Waals surface area contributed by atoms with Gasteiger partial charge in [0.15, 0.2) is 0 Å². The Balaban J connectivity index is 1.27. The van der Waals surface area contributed by atoms with Gasteiger partial charge in [0.25, 0.3) is 11.5 Å². The highest BCUT2D eigenvalue weighted by Crippen LogP contribution is 2.24. The van der Waals surface area contributed by atoms with Gasteiger partial charge in [-0.1, -0.05) is 18.2 Å². The first kappa shape index (κ1) is 20.2. The molecular weight excluding hydrogens is 407 g/mol. The van der Waals surface area contributed by atoms with Crippen LogP contribution < -0.4 is 10.9 Å². The topological polar surface area (TPSA) is 90.6 Å². The van der Waals surface area contributed by atoms with Crippen molar-refractivity contribution in [1.82, 2.24) is 20.3 Å². The maximum Gasteiger partial charge on any atom is 0.254 e. The number of aromatic amines is 2. The van der Waals surface area contributed by atoms with Gasteiger partial charge in [-0.05, 0) is 61.9 Å². The lowest BCUT2D eigenvalue weighted by molar-refractivity contribution is 0.0947. The molecule has 2 aromatic heterocycles. The summed E-state index contributed by atoms with van der Waals surface area (Å²) in [6.45, 7) is 0.551. The largest absolute Gasteiger partial charge is 0.360 e. The maximum absolute atomic E-state index is 13.2. The Morgan fingerprint density at radius 2 is 1.88 bits per heavy atom. The number of halogens is 1. The van der Waals surface area contributed by atoms with E-state index in [0.717, 1.165) is 29.4 Å². The van der Waals surface area contributed by atoms with E-state index in [1.54, 1.807) is 18.3 Å². The Morgan fingerprint density at radius 1 is 1.09 bits per heavy atom. The third kappa shape index (κ3) is 3.93. The Labute approximate surface area is 183 Å². The number of hydrogen-bond acceptors (Lipinski definition) is 3. The average molecular weight is 430 g/mol. The summed E-state index contributed by atoms with van der Waals surface area (Å²) in [7, 11) is 0. The van der Waals surface area contributed by atoms with Crippen molar-refractivity contribution in [3.63, 3.8) is 0 Å². The van der Waals surface area contributed by atoms with E-state index in [0.29, 0.717) is 41.9 Å². The number of nitrogens with one attached hydrogen (secondary N) is 3. The molecule has 0 saturated carbocycles. The number of para-hydroxylation sites is 1. The van der Waals surface area contributed by atoms with E-state index < -0.39 is 0 Å². The first-order valence-electron chi connectivity index (χ1n) is 10.8. The van der Waals surface area contributed by atoms with Crippen LogP contribution in [0.1, 0.15) is 34.5 Å². The number of carbonyl (C=O) groups is 1. The van der Waals surface area contributed by atoms with Gasteiger partial charge in [0.2, 0.25) is 0 Å². The zero-order chi connectivity index (χ0) is 22.1. The Kier molecular flexibility index (Phi) is 5.31. The van der Waals surface area contributed by atoms with Gasteiger partial charge in [0.1, 0.15) is 11.6 Å². The smallest absolute Gasteiger partial charge is 0.254 e. The van der Waals surface area contributed by atoms with Crippen molar-refractivity contribution >= 4 is 16.8 Å². The van der Waals surface area contributed by atoms with Gasteiger partial charge in [0.05, 0.1) is 11.3 Å². The molecule has 32 heavy (non-hydrogen) atoms. The number of H-pyrrole nitrogens is 2. The fraction of sp³-hybridized carbons (Fsp3) is 0.240. The molecule has 1 aliphatic rings. The SMILES string of the molecule is O=C(NCC1CCc2nc(-c3ccc(F)cc3)[nH]c(=O)c2CC1)c1c[nH]c2ccccc12. The molecule has 162 valence electrons. The zero-order valence-electron chi connectivity index (χ0n) is 17.5. The van der Waals surface area contributed by atoms with Crippen molar-refractivity contribution in [3.05, 3.63) is 87.7 Å². The third-order valence-electron chi connectivity index (χ3n) is 6.20. The monoisotopic (exact) mass is 430 g/mol. The highest BCUT2D eigenvalue weighted by atomic mass is 19.1. The van der Waals surface area contributed by atoms with E-state index in [-0.39, 0.29) is 23.2 Å². The molecule has 1 aliphatic carbocycles. The first-order chi connectivity index (χ1) is 15.6. The lowest BCUT2D eigenvalue weighted by Gasteiger charge is -2.14. The van der Waals surface area contributed by atoms with Crippen LogP contribution in [0.5, 0.6) is 0 Å². The van der Waals surface area contributed by atoms with E-state index in [1.807, 2.05) is 24.3 Å². The van der Waals surface area contributed by atoms with Crippen molar-refractivity contribution in [2.45, 2.75) is 25.7 Å². The minimum atomic E-state index is -0.330. The van der Waals surface area contributed by atoms with Crippen LogP contribution in [-0.2, 0) is 12.8 Å². The fourth-order valence-corrected chi connectivity index (χ4v) is 4.38. The summed E-state index contributed by atoms with van der Waals surface area (Å²) < 4.78 is 13.2. The predicted octanol–water partition coefficient (Wildman–Crippen LogP) is 3.98. The Morgan fingerprint density at radius 3 is 2.72 bits per heavy atom. The molecule has 0 radical (unpaired) electrons. The fourth-order valence-electron chi connectivity index (χ4n) is 4.38. The lowest BCUT2D eigenvalue weighted by atomic mass is 9.99. The molecule has 1 atom stereocenters. The summed E-state index contributed by atoms with van der Waals surface area (Å²) in [6, 6.07) is 13.7. The number of nitrogens with zero attached hydrogens (tertiary/aromatic N) is 1. The molecular formula is C25H23FN4O2. The van der Waals surface area contributed by atoms with Gasteiger partial charge in [-0.2, -0.15) is 0 Å². The molecule has 2 heterocycles. The molecule has 6 nitrogen and oxygen atoms in total. The molecule has 0 bridgehead atoms. The van der Waals surface area contributed by atoms with Gasteiger partial charge in [-0.15, -0.1) is 0 Å². The Hall–Kier alpha value is -3.74. The summed E-state index contributed by atoms with van der Waals surface area (Å²) in [5.41, 5.74) is 3.61. The second-order valence-electron chi connectivity index (χ2n) is 8.25. The van der Waals surface area contributed by atoms with E-state index in [2.05, 4.69) is 20.3 Å². The van der Waals surface area contributed by atoms with Crippen LogP contribution in [0.25, 0.3) is 22.3 Å². The number of amides is 1. The first-order valence-corrected chi connectivity index (χ1v) is 10.8. The third-order valence-corrected chi connectivity index (χ3v) is 6.20. The van der Waals surface area contributed by atoms with Crippen molar-refractivity contribution in [2.24, 2.45) is 5.92 Å². The lowest BCUT2D eigenvalue weighted by Crippen LogP contribution is -2.29. The average Bonchev–Trinajstić information content (AvgIpc) is 3.12. The molecule has 7 heteroatoms. The molecule has 0 aliphatic heterocycles. The number of aryl methyl sites for hydroxylation is 1. The molecule has 0 spiro atoms. The summed E-state index contributed by atoms with van der Waals surface area (Å²) in [6.07, 6.45) is 4.67. The Bertz CT molecular complexity index is 1340. The summed E-state index contributed by atoms with van der Waals surface area (Å²) in [4.78, 5) is 36.0. The summed E-state index contributed by atoms with van der Waals surface area (Å²) in [5.74, 6) is 0.286. The quantitative estimate of drug-likeness (QED) is 0.428. The van der Waals surface area contributed by atoms with Crippen LogP contribution in [-0.4, -0.2) is 27.4 Å². The van der Waals surface area contributed by atoms with Crippen molar-refractivity contribution < 1.29 is 9.18 Å². The van der Waals surface area contributed by atoms with E-state index in [1.165, 1.54) is 12.1 Å². The number of benzene rings is 2. The summed E-state index contributed by atoms with van der Waals surface area (Å²) >= 11 is 0. The van der Waals surface area contributed by atoms with E-state index in [9.17, 15) is 14.0 Å². The molecule has 0 saturated heterocycles. The number of aromatic nitrogens is 3. The number of hydrogen-bond donors (Lipinski definition) is 3. The zero-order valence-corrected chi connectivity index (χ0v) is 17.5. The minimum absolute atomic E-state index is 0.0984. The van der Waals surface area contributed by atoms with Crippen molar-refractivity contribution in [2.75, 3.05) is 6.54 Å². The van der Waals surface area contributed by atoms with Crippen LogP contribution in [0.15, 0.2) is 59.5 Å². The molecule has 0 fully saturated rings. The molecule has 4 aromatic rings. The van der Waals surface area contributed by atoms with E-state index >= 15 is 0 Å². The normalized spacial score (nSPS) is 15.8. The number of fused-ring (bicyclic) bond motifs is 2. The molecule has 3 N–H and O–H groups in total. The second-order valence-corrected chi connectivity index (χ2v) is 8.25. The predicted molar refractivity (Wildman–Crippen MR) is 121 cm³/mol. The summed E-state index contributed by atoms with van der Waals surface area (Å²) in [5, 5.41) is 3.96. The van der Waals surface area contributed by atoms with Crippen molar-refractivity contribution in [3.8, 4) is 11.4 Å². The second kappa shape index (κ2) is 8.42. The van der Waals surface area contributed by atoms with Crippen molar-refractivity contribution in [1.29, 1.82) is 0 Å². The van der Waals surface area contributed by atoms with Gasteiger partial charge in [-0.3, -0.25) is 9.59 Å². The van der Waals surface area contributed by atoms with Gasteiger partial charge < -0.3 is 15.3 Å². The van der Waals surface area contributed by atoms with Crippen LogP contribution in [0.3, 0.4) is 0 Å². The molecule has 5 rings (SSSR count). The van der Waals surface area contributed by atoms with Crippen LogP contribution in [0.4, 0.5) is 4.39 Å². The standard InChI is InChI=1S/C25H23FN4O2/c26-17-9-7-16(8-10-17)23-29-22-12-6-15(5-11-19(22)25(32)30-23)13-28-24(31)20-14-27-21-4-2-1-3-18(20)21/h1-4,7-10,14-15,27H,5-6,11-13H2,(H,28,31)(H,29,30,32). The molecule has 1 amide bonds. The van der Waals surface area contributed by atoms with Gasteiger partial charge >= 0.3 is 0 Å². The number of carbonyl (C=O) groups excluding carboxylic acids is 1. The highest BCUT2D eigenvalue weighted by Gasteiger charge is 2.22. The van der Waals surface area contributed by atoms with Gasteiger partial charge in [-0.25, -0.2) is 9.37 Å². The molecule has 1 unspecified atom stereocenters. The minimum Gasteiger partial charge on any atom is -0.360 e. The van der Waals surface area contributed by atoms with Crippen LogP contribution in [0.2, 0.25) is 0 Å². The maximum atomic E-state index is 13.2. The molecule has 2 aromatic carbocycles.